The monoisotopic (exact) mass is 530 g/mol. The SMILES string of the molecule is NCCOCCOCCNC(=O)NCCC(NCC(=O)OCc1ccccc1)C(=O)OCc1ccccc1. The van der Waals surface area contributed by atoms with Gasteiger partial charge in [-0.25, -0.2) is 4.79 Å². The van der Waals surface area contributed by atoms with Gasteiger partial charge in [-0.3, -0.25) is 14.9 Å². The standard InChI is InChI=1S/C27H38N4O7/c28-12-15-35-17-18-36-16-14-30-27(34)29-13-11-24(26(33)38-21-23-9-5-2-6-10-23)31-19-25(32)37-20-22-7-3-1-4-8-22/h1-10,24,31H,11-21,28H2,(H2,29,30,34). The van der Waals surface area contributed by atoms with Gasteiger partial charge < -0.3 is 35.3 Å². The van der Waals surface area contributed by atoms with Gasteiger partial charge in [0.25, 0.3) is 0 Å². The Hall–Kier alpha value is -3.51. The Morgan fingerprint density at radius 3 is 1.95 bits per heavy atom. The Morgan fingerprint density at radius 2 is 1.32 bits per heavy atom. The molecule has 0 aromatic heterocycles. The van der Waals surface area contributed by atoms with Gasteiger partial charge >= 0.3 is 18.0 Å². The van der Waals surface area contributed by atoms with Crippen LogP contribution in [0.4, 0.5) is 4.79 Å². The van der Waals surface area contributed by atoms with Crippen LogP contribution >= 0.6 is 0 Å². The van der Waals surface area contributed by atoms with E-state index >= 15 is 0 Å². The lowest BCUT2D eigenvalue weighted by Crippen LogP contribution is -2.45. The number of carbonyl (C=O) groups excluding carboxylic acids is 3. The molecule has 0 aliphatic heterocycles. The number of hydrogen-bond donors (Lipinski definition) is 4. The Balaban J connectivity index is 1.72. The van der Waals surface area contributed by atoms with Gasteiger partial charge in [0.2, 0.25) is 0 Å². The number of esters is 2. The van der Waals surface area contributed by atoms with Crippen molar-refractivity contribution in [3.05, 3.63) is 71.8 Å². The van der Waals surface area contributed by atoms with Gasteiger partial charge in [0.05, 0.1) is 33.0 Å². The summed E-state index contributed by atoms with van der Waals surface area (Å²) in [6, 6.07) is 17.4. The molecule has 1 unspecified atom stereocenters. The molecule has 1 atom stereocenters. The molecular formula is C27H38N4O7. The largest absolute Gasteiger partial charge is 0.460 e. The maximum absolute atomic E-state index is 12.7. The Morgan fingerprint density at radius 1 is 0.737 bits per heavy atom. The van der Waals surface area contributed by atoms with E-state index in [-0.39, 0.29) is 32.7 Å². The fraction of sp³-hybridized carbons (Fsp3) is 0.444. The van der Waals surface area contributed by atoms with Crippen molar-refractivity contribution < 1.29 is 33.3 Å². The fourth-order valence-corrected chi connectivity index (χ4v) is 3.16. The number of benzene rings is 2. The van der Waals surface area contributed by atoms with E-state index in [2.05, 4.69) is 16.0 Å². The van der Waals surface area contributed by atoms with Crippen molar-refractivity contribution >= 4 is 18.0 Å². The van der Waals surface area contributed by atoms with Crippen molar-refractivity contribution in [2.75, 3.05) is 52.6 Å². The highest BCUT2D eigenvalue weighted by molar-refractivity contribution is 5.78. The molecule has 0 aliphatic rings. The normalized spacial score (nSPS) is 11.4. The summed E-state index contributed by atoms with van der Waals surface area (Å²) in [6.45, 7) is 2.67. The molecule has 0 saturated carbocycles. The van der Waals surface area contributed by atoms with E-state index in [1.807, 2.05) is 60.7 Å². The Labute approximate surface area is 223 Å². The molecule has 11 heteroatoms. The number of urea groups is 1. The first kappa shape index (κ1) is 30.7. The molecule has 0 aliphatic carbocycles. The number of ether oxygens (including phenoxy) is 4. The van der Waals surface area contributed by atoms with Crippen LogP contribution < -0.4 is 21.7 Å². The van der Waals surface area contributed by atoms with Crippen LogP contribution in [0.25, 0.3) is 0 Å². The molecule has 0 heterocycles. The van der Waals surface area contributed by atoms with Crippen molar-refractivity contribution in [1.29, 1.82) is 0 Å². The molecule has 2 aromatic rings. The van der Waals surface area contributed by atoms with Crippen molar-refractivity contribution in [3.63, 3.8) is 0 Å². The second-order valence-corrected chi connectivity index (χ2v) is 8.16. The van der Waals surface area contributed by atoms with Crippen molar-refractivity contribution in [1.82, 2.24) is 16.0 Å². The third-order valence-corrected chi connectivity index (χ3v) is 5.13. The third kappa shape index (κ3) is 14.3. The average Bonchev–Trinajstić information content (AvgIpc) is 2.95. The first-order chi connectivity index (χ1) is 18.6. The fourth-order valence-electron chi connectivity index (χ4n) is 3.16. The summed E-state index contributed by atoms with van der Waals surface area (Å²) >= 11 is 0. The molecule has 208 valence electrons. The average molecular weight is 531 g/mol. The summed E-state index contributed by atoms with van der Waals surface area (Å²) in [5, 5.41) is 8.24. The second-order valence-electron chi connectivity index (χ2n) is 8.16. The zero-order chi connectivity index (χ0) is 27.3. The van der Waals surface area contributed by atoms with Crippen LogP contribution in [0.1, 0.15) is 17.5 Å². The summed E-state index contributed by atoms with van der Waals surface area (Å²) in [4.78, 5) is 37.0. The minimum absolute atomic E-state index is 0.0987. The van der Waals surface area contributed by atoms with Crippen molar-refractivity contribution in [2.24, 2.45) is 5.73 Å². The number of rotatable bonds is 19. The van der Waals surface area contributed by atoms with Gasteiger partial charge in [0.1, 0.15) is 19.3 Å². The van der Waals surface area contributed by atoms with Gasteiger partial charge in [-0.15, -0.1) is 0 Å². The predicted octanol–water partition coefficient (Wildman–Crippen LogP) is 1.11. The lowest BCUT2D eigenvalue weighted by molar-refractivity contribution is -0.148. The van der Waals surface area contributed by atoms with Gasteiger partial charge in [-0.2, -0.15) is 0 Å². The van der Waals surface area contributed by atoms with Crippen LogP contribution in [-0.2, 0) is 41.8 Å². The number of amides is 2. The highest BCUT2D eigenvalue weighted by Gasteiger charge is 2.21. The summed E-state index contributed by atoms with van der Waals surface area (Å²) in [5.74, 6) is -1.04. The maximum Gasteiger partial charge on any atom is 0.323 e. The van der Waals surface area contributed by atoms with Gasteiger partial charge in [-0.05, 0) is 17.5 Å². The molecule has 0 bridgehead atoms. The lowest BCUT2D eigenvalue weighted by atomic mass is 10.2. The van der Waals surface area contributed by atoms with E-state index in [0.29, 0.717) is 39.5 Å². The zero-order valence-electron chi connectivity index (χ0n) is 21.6. The second kappa shape index (κ2) is 19.6. The third-order valence-electron chi connectivity index (χ3n) is 5.13. The minimum atomic E-state index is -0.819. The molecular weight excluding hydrogens is 492 g/mol. The molecule has 0 radical (unpaired) electrons. The van der Waals surface area contributed by atoms with Crippen LogP contribution in [0.3, 0.4) is 0 Å². The van der Waals surface area contributed by atoms with E-state index in [4.69, 9.17) is 24.7 Å². The van der Waals surface area contributed by atoms with Crippen LogP contribution in [0.15, 0.2) is 60.7 Å². The lowest BCUT2D eigenvalue weighted by Gasteiger charge is -2.18. The summed E-state index contributed by atoms with van der Waals surface area (Å²) in [7, 11) is 0. The summed E-state index contributed by atoms with van der Waals surface area (Å²) in [5.41, 5.74) is 7.03. The number of hydrogen-bond acceptors (Lipinski definition) is 9. The van der Waals surface area contributed by atoms with E-state index in [9.17, 15) is 14.4 Å². The zero-order valence-corrected chi connectivity index (χ0v) is 21.6. The molecule has 5 N–H and O–H groups in total. The van der Waals surface area contributed by atoms with Crippen LogP contribution in [-0.4, -0.2) is 76.6 Å². The maximum atomic E-state index is 12.7. The summed E-state index contributed by atoms with van der Waals surface area (Å²) < 4.78 is 21.2. The molecule has 0 fully saturated rings. The van der Waals surface area contributed by atoms with Crippen LogP contribution in [0.2, 0.25) is 0 Å². The van der Waals surface area contributed by atoms with Crippen LogP contribution in [0, 0.1) is 0 Å². The molecule has 11 nitrogen and oxygen atoms in total. The van der Waals surface area contributed by atoms with Gasteiger partial charge in [0.15, 0.2) is 0 Å². The topological polar surface area (TPSA) is 150 Å². The van der Waals surface area contributed by atoms with Gasteiger partial charge in [-0.1, -0.05) is 60.7 Å². The molecule has 38 heavy (non-hydrogen) atoms. The summed E-state index contributed by atoms with van der Waals surface area (Å²) in [6.07, 6.45) is 0.210. The Kier molecular flexibility index (Phi) is 15.8. The molecule has 0 spiro atoms. The minimum Gasteiger partial charge on any atom is -0.460 e. The van der Waals surface area contributed by atoms with Crippen LogP contribution in [0.5, 0.6) is 0 Å². The molecule has 2 amide bonds. The van der Waals surface area contributed by atoms with E-state index in [1.54, 1.807) is 0 Å². The first-order valence-electron chi connectivity index (χ1n) is 12.6. The highest BCUT2D eigenvalue weighted by atomic mass is 16.5. The predicted molar refractivity (Wildman–Crippen MR) is 141 cm³/mol. The van der Waals surface area contributed by atoms with Crippen molar-refractivity contribution in [2.45, 2.75) is 25.7 Å². The smallest absolute Gasteiger partial charge is 0.323 e. The van der Waals surface area contributed by atoms with E-state index in [1.165, 1.54) is 0 Å². The highest BCUT2D eigenvalue weighted by Crippen LogP contribution is 2.04. The van der Waals surface area contributed by atoms with Gasteiger partial charge in [0, 0.05) is 19.6 Å². The van der Waals surface area contributed by atoms with E-state index < -0.39 is 24.0 Å². The molecule has 2 rings (SSSR count). The quantitative estimate of drug-likeness (QED) is 0.155. The number of nitrogens with two attached hydrogens (primary N) is 1. The number of nitrogens with one attached hydrogen (secondary N) is 3. The number of carbonyl (C=O) groups is 3. The van der Waals surface area contributed by atoms with E-state index in [0.717, 1.165) is 11.1 Å². The van der Waals surface area contributed by atoms with Crippen molar-refractivity contribution in [3.8, 4) is 0 Å². The first-order valence-corrected chi connectivity index (χ1v) is 12.6. The molecule has 0 saturated heterocycles. The Bertz CT molecular complexity index is 932. The molecule has 2 aromatic carbocycles.